The maximum absolute atomic E-state index is 11.2. The highest BCUT2D eigenvalue weighted by molar-refractivity contribution is 7.81. The fraction of sp³-hybridized carbons (Fsp3) is 0.130. The number of anilines is 1. The Balaban J connectivity index is 2.14. The summed E-state index contributed by atoms with van der Waals surface area (Å²) in [7, 11) is 0. The minimum atomic E-state index is -0.526. The number of aryl methyl sites for hydroxylation is 2. The molecule has 0 bridgehead atoms. The fourth-order valence-electron chi connectivity index (χ4n) is 3.24. The summed E-state index contributed by atoms with van der Waals surface area (Å²) in [5.74, 6) is -0.231. The molecule has 0 radical (unpaired) electrons. The second kappa shape index (κ2) is 9.46. The predicted octanol–water partition coefficient (Wildman–Crippen LogP) is 4.31. The van der Waals surface area contributed by atoms with Gasteiger partial charge in [0, 0.05) is 35.0 Å². The topological polar surface area (TPSA) is 99.5 Å². The van der Waals surface area contributed by atoms with Crippen LogP contribution in [0, 0.1) is 24.0 Å². The van der Waals surface area contributed by atoms with Gasteiger partial charge in [0.25, 0.3) is 11.4 Å². The molecule has 158 valence electrons. The largest absolute Gasteiger partial charge is 0.502 e. The number of nitrogens with zero attached hydrogens (tertiary/aromatic N) is 2. The first-order valence-corrected chi connectivity index (χ1v) is 9.88. The van der Waals surface area contributed by atoms with E-state index in [1.807, 2.05) is 32.0 Å². The van der Waals surface area contributed by atoms with Crippen molar-refractivity contribution in [2.75, 3.05) is 5.32 Å². The summed E-state index contributed by atoms with van der Waals surface area (Å²) in [4.78, 5) is 10.9. The van der Waals surface area contributed by atoms with Gasteiger partial charge in [0.05, 0.1) is 11.5 Å². The number of hydrogen-bond acceptors (Lipinski definition) is 5. The lowest BCUT2D eigenvalue weighted by atomic mass is 10.1. The number of benzene rings is 2. The molecule has 1 heterocycles. The summed E-state index contributed by atoms with van der Waals surface area (Å²) in [6.07, 6.45) is 3.32. The average molecular weight is 437 g/mol. The molecule has 0 spiro atoms. The highest BCUT2D eigenvalue weighted by Gasteiger charge is 2.25. The number of nitro benzene ring substituents is 1. The number of non-ortho nitro benzene ring substituents is 1. The van der Waals surface area contributed by atoms with Crippen molar-refractivity contribution in [2.45, 2.75) is 20.5 Å². The second-order valence-corrected chi connectivity index (χ2v) is 7.52. The third-order valence-corrected chi connectivity index (χ3v) is 4.85. The van der Waals surface area contributed by atoms with Crippen LogP contribution in [0.4, 0.5) is 11.4 Å². The molecule has 0 unspecified atom stereocenters. The number of aliphatic hydroxyl groups excluding tert-OH is 2. The van der Waals surface area contributed by atoms with Gasteiger partial charge in [-0.05, 0) is 43.2 Å². The molecule has 0 aliphatic carbocycles. The number of nitrogens with one attached hydrogen (secondary N) is 1. The maximum atomic E-state index is 11.2. The van der Waals surface area contributed by atoms with Gasteiger partial charge in [-0.25, -0.2) is 0 Å². The molecular weight excluding hydrogens is 414 g/mol. The SMILES string of the molecule is Cc1cc(C)cc(NC(=S)/C(=C(\O)c2cccc([N+](=O)[O-])c2)[n+]2cccc(CO)c2)c1. The first-order valence-electron chi connectivity index (χ1n) is 9.47. The molecule has 0 aliphatic rings. The highest BCUT2D eigenvalue weighted by atomic mass is 32.1. The third-order valence-electron chi connectivity index (χ3n) is 4.55. The Morgan fingerprint density at radius 1 is 1.13 bits per heavy atom. The van der Waals surface area contributed by atoms with Crippen LogP contribution >= 0.6 is 12.2 Å². The summed E-state index contributed by atoms with van der Waals surface area (Å²) in [6.45, 7) is 3.75. The lowest BCUT2D eigenvalue weighted by Crippen LogP contribution is -2.39. The van der Waals surface area contributed by atoms with E-state index in [2.05, 4.69) is 5.32 Å². The van der Waals surface area contributed by atoms with Crippen LogP contribution in [0.1, 0.15) is 22.3 Å². The van der Waals surface area contributed by atoms with E-state index in [1.54, 1.807) is 35.2 Å². The standard InChI is InChI=1S/C23H21N3O4S/c1-15-9-16(2)11-19(10-15)24-23(31)21(25-8-4-5-17(13-25)14-27)22(28)18-6-3-7-20(12-18)26(29)30/h3-13,27H,14H2,1-2H3,(H-,24,28,31)/p+1. The van der Waals surface area contributed by atoms with Crippen molar-refractivity contribution in [1.82, 2.24) is 0 Å². The average Bonchev–Trinajstić information content (AvgIpc) is 2.73. The van der Waals surface area contributed by atoms with Gasteiger partial charge in [-0.3, -0.25) is 10.1 Å². The van der Waals surface area contributed by atoms with Crippen LogP contribution in [-0.2, 0) is 6.61 Å². The van der Waals surface area contributed by atoms with Crippen LogP contribution in [0.2, 0.25) is 0 Å². The summed E-state index contributed by atoms with van der Waals surface area (Å²) < 4.78 is 1.58. The van der Waals surface area contributed by atoms with Gasteiger partial charge in [0.1, 0.15) is 0 Å². The Bertz CT molecular complexity index is 1170. The van der Waals surface area contributed by atoms with Crippen molar-refractivity contribution in [3.63, 3.8) is 0 Å². The van der Waals surface area contributed by atoms with E-state index in [1.165, 1.54) is 18.2 Å². The van der Waals surface area contributed by atoms with E-state index in [0.29, 0.717) is 5.56 Å². The molecule has 0 saturated heterocycles. The van der Waals surface area contributed by atoms with Crippen molar-refractivity contribution >= 4 is 40.0 Å². The third kappa shape index (κ3) is 5.30. The normalized spacial score (nSPS) is 11.6. The predicted molar refractivity (Wildman–Crippen MR) is 124 cm³/mol. The minimum Gasteiger partial charge on any atom is -0.502 e. The van der Waals surface area contributed by atoms with Gasteiger partial charge in [0.2, 0.25) is 0 Å². The summed E-state index contributed by atoms with van der Waals surface area (Å²) in [6, 6.07) is 15.0. The number of rotatable bonds is 6. The molecule has 3 N–H and O–H groups in total. The van der Waals surface area contributed by atoms with E-state index in [0.717, 1.165) is 16.8 Å². The van der Waals surface area contributed by atoms with Gasteiger partial charge in [0.15, 0.2) is 23.1 Å². The molecular formula is C23H22N3O4S+. The number of nitro groups is 1. The van der Waals surface area contributed by atoms with Gasteiger partial charge in [-0.1, -0.05) is 30.4 Å². The molecule has 1 aromatic heterocycles. The van der Waals surface area contributed by atoms with E-state index in [9.17, 15) is 20.3 Å². The van der Waals surface area contributed by atoms with Crippen molar-refractivity contribution < 1.29 is 19.7 Å². The number of thiocarbonyl (C=S) groups is 1. The van der Waals surface area contributed by atoms with Gasteiger partial charge < -0.3 is 15.5 Å². The number of hydrogen-bond donors (Lipinski definition) is 3. The van der Waals surface area contributed by atoms with E-state index in [4.69, 9.17) is 12.2 Å². The molecule has 3 rings (SSSR count). The van der Waals surface area contributed by atoms with Crippen molar-refractivity contribution in [2.24, 2.45) is 0 Å². The Morgan fingerprint density at radius 3 is 2.48 bits per heavy atom. The van der Waals surface area contributed by atoms with Crippen LogP contribution in [0.5, 0.6) is 0 Å². The lowest BCUT2D eigenvalue weighted by molar-refractivity contribution is -0.576. The molecule has 0 aliphatic heterocycles. The fourth-order valence-corrected chi connectivity index (χ4v) is 3.56. The highest BCUT2D eigenvalue weighted by Crippen LogP contribution is 2.23. The zero-order valence-corrected chi connectivity index (χ0v) is 17.9. The van der Waals surface area contributed by atoms with Crippen LogP contribution in [-0.4, -0.2) is 20.1 Å². The quantitative estimate of drug-likeness (QED) is 0.133. The molecule has 0 saturated carbocycles. The van der Waals surface area contributed by atoms with Gasteiger partial charge in [-0.15, -0.1) is 0 Å². The van der Waals surface area contributed by atoms with E-state index in [-0.39, 0.29) is 34.3 Å². The van der Waals surface area contributed by atoms with Crippen molar-refractivity contribution in [3.05, 3.63) is 99.4 Å². The molecule has 31 heavy (non-hydrogen) atoms. The number of aromatic nitrogens is 1. The molecule has 7 nitrogen and oxygen atoms in total. The Morgan fingerprint density at radius 2 is 1.84 bits per heavy atom. The maximum Gasteiger partial charge on any atom is 0.288 e. The second-order valence-electron chi connectivity index (χ2n) is 7.11. The van der Waals surface area contributed by atoms with Crippen molar-refractivity contribution in [3.8, 4) is 0 Å². The van der Waals surface area contributed by atoms with Crippen LogP contribution in [0.25, 0.3) is 11.5 Å². The summed E-state index contributed by atoms with van der Waals surface area (Å²) >= 11 is 5.62. The minimum absolute atomic E-state index is 0.148. The Hall–Kier alpha value is -3.62. The van der Waals surface area contributed by atoms with E-state index < -0.39 is 4.92 Å². The summed E-state index contributed by atoms with van der Waals surface area (Å²) in [5, 5.41) is 34.9. The first-order chi connectivity index (χ1) is 14.8. The van der Waals surface area contributed by atoms with Crippen LogP contribution < -0.4 is 9.88 Å². The molecule has 8 heteroatoms. The van der Waals surface area contributed by atoms with Crippen molar-refractivity contribution in [1.29, 1.82) is 0 Å². The lowest BCUT2D eigenvalue weighted by Gasteiger charge is -2.12. The smallest absolute Gasteiger partial charge is 0.288 e. The van der Waals surface area contributed by atoms with Crippen LogP contribution in [0.15, 0.2) is 67.0 Å². The Labute approximate surface area is 185 Å². The van der Waals surface area contributed by atoms with E-state index >= 15 is 0 Å². The van der Waals surface area contributed by atoms with Crippen LogP contribution in [0.3, 0.4) is 0 Å². The molecule has 0 fully saturated rings. The molecule has 2 aromatic carbocycles. The molecule has 0 amide bonds. The first kappa shape index (κ1) is 22.1. The van der Waals surface area contributed by atoms with Gasteiger partial charge >= 0.3 is 0 Å². The summed E-state index contributed by atoms with van der Waals surface area (Å²) in [5.41, 5.74) is 3.79. The number of pyridine rings is 1. The van der Waals surface area contributed by atoms with Gasteiger partial charge in [-0.2, -0.15) is 4.57 Å². The number of aliphatic hydroxyl groups is 2. The molecule has 3 aromatic rings. The zero-order valence-electron chi connectivity index (χ0n) is 17.1. The molecule has 0 atom stereocenters. The zero-order chi connectivity index (χ0) is 22.5. The monoisotopic (exact) mass is 436 g/mol. The Kier molecular flexibility index (Phi) is 6.74.